The van der Waals surface area contributed by atoms with Crippen molar-refractivity contribution in [2.75, 3.05) is 6.54 Å². The SMILES string of the molecule is CC1(C)CCNC(CC(=O)O)C(=O)N1C1CC1. The van der Waals surface area contributed by atoms with E-state index < -0.39 is 12.0 Å². The lowest BCUT2D eigenvalue weighted by molar-refractivity contribution is -0.144. The number of carbonyl (C=O) groups excluding carboxylic acids is 1. The van der Waals surface area contributed by atoms with E-state index >= 15 is 0 Å². The van der Waals surface area contributed by atoms with Gasteiger partial charge in [-0.1, -0.05) is 0 Å². The molecule has 1 saturated heterocycles. The molecule has 1 saturated carbocycles. The van der Waals surface area contributed by atoms with Crippen LogP contribution in [0.25, 0.3) is 0 Å². The van der Waals surface area contributed by atoms with Crippen LogP contribution in [0.3, 0.4) is 0 Å². The van der Waals surface area contributed by atoms with Crippen molar-refractivity contribution in [3.05, 3.63) is 0 Å². The second-order valence-corrected chi connectivity index (χ2v) is 5.61. The van der Waals surface area contributed by atoms with Crippen molar-refractivity contribution in [1.82, 2.24) is 10.2 Å². The third-order valence-electron chi connectivity index (χ3n) is 3.61. The van der Waals surface area contributed by atoms with Gasteiger partial charge in [0.05, 0.1) is 12.5 Å². The number of rotatable bonds is 3. The van der Waals surface area contributed by atoms with Crippen molar-refractivity contribution in [2.24, 2.45) is 0 Å². The van der Waals surface area contributed by atoms with Crippen LogP contribution < -0.4 is 5.32 Å². The molecule has 0 aromatic carbocycles. The maximum Gasteiger partial charge on any atom is 0.305 e. The second-order valence-electron chi connectivity index (χ2n) is 5.61. The van der Waals surface area contributed by atoms with Crippen LogP contribution in [-0.2, 0) is 9.59 Å². The molecule has 2 N–H and O–H groups in total. The molecule has 0 aromatic rings. The standard InChI is InChI=1S/C12H20N2O3/c1-12(2)5-6-13-9(7-10(15)16)11(17)14(12)8-3-4-8/h8-9,13H,3-7H2,1-2H3,(H,15,16). The molecule has 1 aliphatic heterocycles. The van der Waals surface area contributed by atoms with Crippen LogP contribution in [0.1, 0.15) is 39.5 Å². The zero-order valence-electron chi connectivity index (χ0n) is 10.4. The van der Waals surface area contributed by atoms with Crippen molar-refractivity contribution in [1.29, 1.82) is 0 Å². The number of nitrogens with one attached hydrogen (secondary N) is 1. The lowest BCUT2D eigenvalue weighted by atomic mass is 9.98. The van der Waals surface area contributed by atoms with Gasteiger partial charge in [-0.2, -0.15) is 0 Å². The third-order valence-corrected chi connectivity index (χ3v) is 3.61. The largest absolute Gasteiger partial charge is 0.481 e. The zero-order valence-corrected chi connectivity index (χ0v) is 10.4. The fourth-order valence-electron chi connectivity index (χ4n) is 2.57. The van der Waals surface area contributed by atoms with Gasteiger partial charge < -0.3 is 15.3 Å². The predicted octanol–water partition coefficient (Wildman–Crippen LogP) is 0.593. The van der Waals surface area contributed by atoms with Crippen LogP contribution in [0.5, 0.6) is 0 Å². The van der Waals surface area contributed by atoms with E-state index in [0.717, 1.165) is 19.3 Å². The summed E-state index contributed by atoms with van der Waals surface area (Å²) in [5.41, 5.74) is -0.168. The number of hydrogen-bond acceptors (Lipinski definition) is 3. The van der Waals surface area contributed by atoms with E-state index in [-0.39, 0.29) is 17.9 Å². The zero-order chi connectivity index (χ0) is 12.6. The summed E-state index contributed by atoms with van der Waals surface area (Å²) in [7, 11) is 0. The topological polar surface area (TPSA) is 69.6 Å². The Hall–Kier alpha value is -1.10. The predicted molar refractivity (Wildman–Crippen MR) is 62.6 cm³/mol. The van der Waals surface area contributed by atoms with Crippen LogP contribution in [0.15, 0.2) is 0 Å². The van der Waals surface area contributed by atoms with Gasteiger partial charge in [0.15, 0.2) is 0 Å². The molecule has 0 spiro atoms. The van der Waals surface area contributed by atoms with Crippen LogP contribution in [-0.4, -0.2) is 46.1 Å². The van der Waals surface area contributed by atoms with Crippen molar-refractivity contribution in [2.45, 2.75) is 57.2 Å². The van der Waals surface area contributed by atoms with Gasteiger partial charge in [-0.15, -0.1) is 0 Å². The van der Waals surface area contributed by atoms with E-state index in [9.17, 15) is 9.59 Å². The molecule has 0 bridgehead atoms. The highest BCUT2D eigenvalue weighted by molar-refractivity contribution is 5.87. The number of carboxylic acids is 1. The first-order valence-corrected chi connectivity index (χ1v) is 6.20. The molecule has 5 nitrogen and oxygen atoms in total. The molecule has 96 valence electrons. The lowest BCUT2D eigenvalue weighted by Gasteiger charge is -2.38. The summed E-state index contributed by atoms with van der Waals surface area (Å²) in [6, 6.07) is -0.233. The highest BCUT2D eigenvalue weighted by atomic mass is 16.4. The third kappa shape index (κ3) is 2.60. The molecule has 2 rings (SSSR count). The summed E-state index contributed by atoms with van der Waals surface area (Å²) < 4.78 is 0. The monoisotopic (exact) mass is 240 g/mol. The molecule has 1 heterocycles. The number of carboxylic acid groups (broad SMARTS) is 1. The number of nitrogens with zero attached hydrogens (tertiary/aromatic N) is 1. The first-order valence-electron chi connectivity index (χ1n) is 6.20. The Balaban J connectivity index is 2.18. The van der Waals surface area contributed by atoms with Gasteiger partial charge in [-0.3, -0.25) is 9.59 Å². The molecule has 5 heteroatoms. The van der Waals surface area contributed by atoms with E-state index in [1.165, 1.54) is 0 Å². The average molecular weight is 240 g/mol. The second kappa shape index (κ2) is 4.29. The maximum atomic E-state index is 12.4. The number of amides is 1. The van der Waals surface area contributed by atoms with E-state index in [4.69, 9.17) is 5.11 Å². The molecule has 2 fully saturated rings. The molecule has 0 aromatic heterocycles. The van der Waals surface area contributed by atoms with Crippen LogP contribution in [0.2, 0.25) is 0 Å². The molecule has 1 amide bonds. The van der Waals surface area contributed by atoms with Crippen molar-refractivity contribution >= 4 is 11.9 Å². The normalized spacial score (nSPS) is 28.9. The molecular weight excluding hydrogens is 220 g/mol. The quantitative estimate of drug-likeness (QED) is 0.757. The summed E-state index contributed by atoms with van der Waals surface area (Å²) in [4.78, 5) is 25.1. The number of aliphatic carboxylic acids is 1. The van der Waals surface area contributed by atoms with Crippen molar-refractivity contribution in [3.8, 4) is 0 Å². The van der Waals surface area contributed by atoms with Gasteiger partial charge in [0.1, 0.15) is 0 Å². The van der Waals surface area contributed by atoms with Gasteiger partial charge in [0.25, 0.3) is 0 Å². The summed E-state index contributed by atoms with van der Waals surface area (Å²) in [6.45, 7) is 4.82. The van der Waals surface area contributed by atoms with E-state index in [1.54, 1.807) is 0 Å². The average Bonchev–Trinajstić information content (AvgIpc) is 2.98. The molecule has 0 radical (unpaired) electrons. The number of hydrogen-bond donors (Lipinski definition) is 2. The minimum atomic E-state index is -0.925. The smallest absolute Gasteiger partial charge is 0.305 e. The Labute approximate surface area is 101 Å². The van der Waals surface area contributed by atoms with Crippen LogP contribution in [0.4, 0.5) is 0 Å². The molecular formula is C12H20N2O3. The van der Waals surface area contributed by atoms with Crippen molar-refractivity contribution < 1.29 is 14.7 Å². The van der Waals surface area contributed by atoms with Gasteiger partial charge in [-0.05, 0) is 39.7 Å². The molecule has 2 aliphatic rings. The fraction of sp³-hybridized carbons (Fsp3) is 0.833. The minimum Gasteiger partial charge on any atom is -0.481 e. The van der Waals surface area contributed by atoms with Gasteiger partial charge in [-0.25, -0.2) is 0 Å². The molecule has 1 aliphatic carbocycles. The Bertz CT molecular complexity index is 337. The van der Waals surface area contributed by atoms with E-state index in [0.29, 0.717) is 12.6 Å². The molecule has 1 atom stereocenters. The highest BCUT2D eigenvalue weighted by Crippen LogP contribution is 2.36. The van der Waals surface area contributed by atoms with Crippen LogP contribution >= 0.6 is 0 Å². The van der Waals surface area contributed by atoms with Gasteiger partial charge in [0, 0.05) is 11.6 Å². The fourth-order valence-corrected chi connectivity index (χ4v) is 2.57. The lowest BCUT2D eigenvalue weighted by Crippen LogP contribution is -2.52. The minimum absolute atomic E-state index is 0.0441. The highest BCUT2D eigenvalue weighted by Gasteiger charge is 2.45. The summed E-state index contributed by atoms with van der Waals surface area (Å²) in [5, 5.41) is 11.9. The summed E-state index contributed by atoms with van der Waals surface area (Å²) in [6.07, 6.45) is 2.84. The van der Waals surface area contributed by atoms with Gasteiger partial charge in [0.2, 0.25) is 5.91 Å². The van der Waals surface area contributed by atoms with E-state index in [2.05, 4.69) is 19.2 Å². The Morgan fingerprint density at radius 1 is 1.53 bits per heavy atom. The first kappa shape index (κ1) is 12.4. The van der Waals surface area contributed by atoms with E-state index in [1.807, 2.05) is 4.90 Å². The molecule has 17 heavy (non-hydrogen) atoms. The number of carbonyl (C=O) groups is 2. The van der Waals surface area contributed by atoms with Crippen molar-refractivity contribution in [3.63, 3.8) is 0 Å². The summed E-state index contributed by atoms with van der Waals surface area (Å²) in [5.74, 6) is -0.969. The maximum absolute atomic E-state index is 12.4. The van der Waals surface area contributed by atoms with Crippen LogP contribution in [0, 0.1) is 0 Å². The Morgan fingerprint density at radius 2 is 2.18 bits per heavy atom. The molecule has 1 unspecified atom stereocenters. The Kier molecular flexibility index (Phi) is 3.12. The summed E-state index contributed by atoms with van der Waals surface area (Å²) >= 11 is 0. The van der Waals surface area contributed by atoms with Gasteiger partial charge >= 0.3 is 5.97 Å². The Morgan fingerprint density at radius 3 is 2.71 bits per heavy atom. The first-order chi connectivity index (χ1) is 7.92.